The first-order valence-electron chi connectivity index (χ1n) is 4.55. The largest absolute Gasteiger partial charge is 0.287 e. The summed E-state index contributed by atoms with van der Waals surface area (Å²) in [5, 5.41) is 1.24. The zero-order chi connectivity index (χ0) is 7.42. The highest BCUT2D eigenvalue weighted by Crippen LogP contribution is 2.56. The Labute approximate surface area is 70.9 Å². The molecule has 1 saturated heterocycles. The van der Waals surface area contributed by atoms with Gasteiger partial charge in [0.1, 0.15) is 0 Å². The van der Waals surface area contributed by atoms with E-state index >= 15 is 0 Å². The van der Waals surface area contributed by atoms with Gasteiger partial charge in [-0.1, -0.05) is 11.8 Å². The second kappa shape index (κ2) is 2.03. The molecule has 3 fully saturated rings. The Morgan fingerprint density at radius 1 is 1.27 bits per heavy atom. The molecular weight excluding hydrogens is 156 g/mol. The van der Waals surface area contributed by atoms with Gasteiger partial charge in [-0.05, 0) is 37.5 Å². The third-order valence-electron chi connectivity index (χ3n) is 3.62. The maximum absolute atomic E-state index is 11.4. The molecule has 2 aliphatic carbocycles. The highest BCUT2D eigenvalue weighted by molar-refractivity contribution is 8.14. The molecule has 1 heterocycles. The molecule has 0 amide bonds. The van der Waals surface area contributed by atoms with E-state index in [0.717, 1.165) is 17.1 Å². The Balaban J connectivity index is 1.98. The first kappa shape index (κ1) is 6.53. The molecule has 4 atom stereocenters. The average molecular weight is 168 g/mol. The third kappa shape index (κ3) is 0.765. The van der Waals surface area contributed by atoms with Crippen molar-refractivity contribution in [1.82, 2.24) is 0 Å². The predicted octanol–water partition coefficient (Wildman–Crippen LogP) is 2.06. The van der Waals surface area contributed by atoms with Crippen LogP contribution in [0.15, 0.2) is 0 Å². The molecular formula is C9H12OS. The highest BCUT2D eigenvalue weighted by atomic mass is 32.2. The second-order valence-electron chi connectivity index (χ2n) is 4.16. The lowest BCUT2D eigenvalue weighted by atomic mass is 9.87. The molecule has 0 aromatic rings. The zero-order valence-corrected chi connectivity index (χ0v) is 7.27. The molecule has 2 heteroatoms. The summed E-state index contributed by atoms with van der Waals surface area (Å²) in [5.74, 6) is 2.20. The monoisotopic (exact) mass is 168 g/mol. The van der Waals surface area contributed by atoms with E-state index in [4.69, 9.17) is 0 Å². The van der Waals surface area contributed by atoms with Crippen molar-refractivity contribution in [3.05, 3.63) is 0 Å². The van der Waals surface area contributed by atoms with Crippen LogP contribution in [0.4, 0.5) is 0 Å². The molecule has 3 aliphatic rings. The van der Waals surface area contributed by atoms with Crippen LogP contribution in [0.3, 0.4) is 0 Å². The van der Waals surface area contributed by atoms with Gasteiger partial charge in [-0.2, -0.15) is 0 Å². The molecule has 1 nitrogen and oxygen atoms in total. The standard InChI is InChI=1S/C9H12OS/c10-9-7-4-5-1-2-8(11-9)6(7)3-5/h5-8H,1-4H2. The molecule has 0 aromatic carbocycles. The fourth-order valence-electron chi connectivity index (χ4n) is 3.09. The van der Waals surface area contributed by atoms with Gasteiger partial charge in [0, 0.05) is 11.2 Å². The molecule has 0 spiro atoms. The van der Waals surface area contributed by atoms with Crippen LogP contribution in [0.5, 0.6) is 0 Å². The Hall–Kier alpha value is 0.0200. The van der Waals surface area contributed by atoms with Crippen molar-refractivity contribution in [2.45, 2.75) is 30.9 Å². The molecule has 60 valence electrons. The fourth-order valence-corrected chi connectivity index (χ4v) is 4.57. The lowest BCUT2D eigenvalue weighted by Crippen LogP contribution is -2.17. The topological polar surface area (TPSA) is 17.1 Å². The van der Waals surface area contributed by atoms with Crippen molar-refractivity contribution < 1.29 is 4.79 Å². The van der Waals surface area contributed by atoms with Crippen molar-refractivity contribution in [3.63, 3.8) is 0 Å². The van der Waals surface area contributed by atoms with Gasteiger partial charge in [-0.25, -0.2) is 0 Å². The van der Waals surface area contributed by atoms with Crippen LogP contribution in [-0.2, 0) is 4.79 Å². The number of carbonyl (C=O) groups excluding carboxylic acids is 1. The van der Waals surface area contributed by atoms with E-state index < -0.39 is 0 Å². The van der Waals surface area contributed by atoms with Crippen LogP contribution < -0.4 is 0 Å². The Morgan fingerprint density at radius 2 is 2.18 bits per heavy atom. The summed E-state index contributed by atoms with van der Waals surface area (Å²) in [6.07, 6.45) is 5.32. The maximum Gasteiger partial charge on any atom is 0.192 e. The Bertz CT molecular complexity index is 214. The van der Waals surface area contributed by atoms with E-state index in [9.17, 15) is 4.79 Å². The summed E-state index contributed by atoms with van der Waals surface area (Å²) in [7, 11) is 0. The van der Waals surface area contributed by atoms with Gasteiger partial charge in [0.05, 0.1) is 0 Å². The molecule has 0 aromatic heterocycles. The maximum atomic E-state index is 11.4. The minimum Gasteiger partial charge on any atom is -0.287 e. The van der Waals surface area contributed by atoms with Crippen LogP contribution in [-0.4, -0.2) is 10.4 Å². The van der Waals surface area contributed by atoms with Crippen molar-refractivity contribution in [1.29, 1.82) is 0 Å². The first-order chi connectivity index (χ1) is 5.34. The number of thioether (sulfide) groups is 1. The Kier molecular flexibility index (Phi) is 1.21. The minimum atomic E-state index is 0.484. The second-order valence-corrected chi connectivity index (χ2v) is 5.40. The van der Waals surface area contributed by atoms with E-state index in [1.54, 1.807) is 11.8 Å². The van der Waals surface area contributed by atoms with Gasteiger partial charge in [0.2, 0.25) is 0 Å². The van der Waals surface area contributed by atoms with Crippen LogP contribution in [0, 0.1) is 17.8 Å². The van der Waals surface area contributed by atoms with E-state index in [1.165, 1.54) is 25.7 Å². The van der Waals surface area contributed by atoms with Gasteiger partial charge in [0.25, 0.3) is 0 Å². The van der Waals surface area contributed by atoms with Crippen LogP contribution in [0.2, 0.25) is 0 Å². The number of hydrogen-bond acceptors (Lipinski definition) is 2. The molecule has 0 N–H and O–H groups in total. The quantitative estimate of drug-likeness (QED) is 0.550. The number of hydrogen-bond donors (Lipinski definition) is 0. The van der Waals surface area contributed by atoms with Crippen LogP contribution in [0.1, 0.15) is 25.7 Å². The van der Waals surface area contributed by atoms with Gasteiger partial charge >= 0.3 is 0 Å². The zero-order valence-electron chi connectivity index (χ0n) is 6.45. The molecule has 4 unspecified atom stereocenters. The number of fused-ring (bicyclic) bond motifs is 1. The van der Waals surface area contributed by atoms with Crippen molar-refractivity contribution in [2.24, 2.45) is 17.8 Å². The van der Waals surface area contributed by atoms with Crippen molar-refractivity contribution in [3.8, 4) is 0 Å². The third-order valence-corrected chi connectivity index (χ3v) is 5.04. The molecule has 0 radical (unpaired) electrons. The van der Waals surface area contributed by atoms with E-state index in [2.05, 4.69) is 0 Å². The summed E-state index contributed by atoms with van der Waals surface area (Å²) >= 11 is 1.66. The van der Waals surface area contributed by atoms with Gasteiger partial charge in [-0.15, -0.1) is 0 Å². The van der Waals surface area contributed by atoms with Crippen molar-refractivity contribution in [2.75, 3.05) is 0 Å². The fraction of sp³-hybridized carbons (Fsp3) is 0.889. The Morgan fingerprint density at radius 3 is 3.09 bits per heavy atom. The molecule has 3 rings (SSSR count). The first-order valence-corrected chi connectivity index (χ1v) is 5.43. The summed E-state index contributed by atoms with van der Waals surface area (Å²) in [6.45, 7) is 0. The van der Waals surface area contributed by atoms with E-state index in [-0.39, 0.29) is 0 Å². The SMILES string of the molecule is O=C1SC2CCC3CC1C2C3. The molecule has 11 heavy (non-hydrogen) atoms. The van der Waals surface area contributed by atoms with Crippen LogP contribution >= 0.6 is 11.8 Å². The summed E-state index contributed by atoms with van der Waals surface area (Å²) in [5.41, 5.74) is 0. The summed E-state index contributed by atoms with van der Waals surface area (Å²) in [6, 6.07) is 0. The smallest absolute Gasteiger partial charge is 0.192 e. The van der Waals surface area contributed by atoms with E-state index in [1.807, 2.05) is 0 Å². The normalized spacial score (nSPS) is 53.6. The van der Waals surface area contributed by atoms with Gasteiger partial charge < -0.3 is 0 Å². The molecule has 2 saturated carbocycles. The number of rotatable bonds is 0. The minimum absolute atomic E-state index is 0.484. The van der Waals surface area contributed by atoms with E-state index in [0.29, 0.717) is 11.0 Å². The highest BCUT2D eigenvalue weighted by Gasteiger charge is 2.51. The van der Waals surface area contributed by atoms with Crippen LogP contribution in [0.25, 0.3) is 0 Å². The van der Waals surface area contributed by atoms with Crippen molar-refractivity contribution >= 4 is 16.9 Å². The lowest BCUT2D eigenvalue weighted by molar-refractivity contribution is -0.114. The van der Waals surface area contributed by atoms with Gasteiger partial charge in [0.15, 0.2) is 5.12 Å². The summed E-state index contributed by atoms with van der Waals surface area (Å²) < 4.78 is 0. The molecule has 2 bridgehead atoms. The summed E-state index contributed by atoms with van der Waals surface area (Å²) in [4.78, 5) is 11.4. The van der Waals surface area contributed by atoms with Gasteiger partial charge in [-0.3, -0.25) is 4.79 Å². The molecule has 1 aliphatic heterocycles. The lowest BCUT2D eigenvalue weighted by Gasteiger charge is -2.23. The average Bonchev–Trinajstić information content (AvgIpc) is 2.45. The predicted molar refractivity (Wildman–Crippen MR) is 45.3 cm³/mol. The number of carbonyl (C=O) groups is 1.